The van der Waals surface area contributed by atoms with Crippen molar-refractivity contribution < 1.29 is 31.5 Å². The second kappa shape index (κ2) is 15.1. The van der Waals surface area contributed by atoms with Crippen molar-refractivity contribution in [1.82, 2.24) is 0 Å². The molecule has 126 valence electrons. The molecule has 0 unspecified atom stereocenters. The minimum absolute atomic E-state index is 0. The van der Waals surface area contributed by atoms with E-state index in [1.54, 1.807) is 12.1 Å². The van der Waals surface area contributed by atoms with Crippen LogP contribution in [0.25, 0.3) is 0 Å². The molecule has 23 heavy (non-hydrogen) atoms. The van der Waals surface area contributed by atoms with Gasteiger partial charge in [-0.15, -0.1) is 0 Å². The van der Waals surface area contributed by atoms with Crippen molar-refractivity contribution in [2.75, 3.05) is 0 Å². The Morgan fingerprint density at radius 2 is 1.26 bits per heavy atom. The zero-order valence-electron chi connectivity index (χ0n) is 14.7. The van der Waals surface area contributed by atoms with Crippen LogP contribution in [0.15, 0.2) is 24.3 Å². The van der Waals surface area contributed by atoms with Crippen molar-refractivity contribution in [3.8, 4) is 5.75 Å². The molecule has 0 N–H and O–H groups in total. The molecule has 0 aromatic heterocycles. The summed E-state index contributed by atoms with van der Waals surface area (Å²) >= 11 is 0. The van der Waals surface area contributed by atoms with Crippen LogP contribution in [-0.2, 0) is 25.8 Å². The minimum atomic E-state index is -2.49. The van der Waals surface area contributed by atoms with E-state index in [1.165, 1.54) is 69.8 Å². The van der Waals surface area contributed by atoms with Crippen LogP contribution in [0.1, 0.15) is 76.7 Å². The van der Waals surface area contributed by atoms with E-state index >= 15 is 0 Å². The van der Waals surface area contributed by atoms with Gasteiger partial charge < -0.3 is 12.6 Å². The summed E-state index contributed by atoms with van der Waals surface area (Å²) in [6.45, 7) is 2.26. The van der Waals surface area contributed by atoms with Gasteiger partial charge in [0, 0.05) is 0 Å². The van der Waals surface area contributed by atoms with Gasteiger partial charge in [0.25, 0.3) is 0 Å². The van der Waals surface area contributed by atoms with Crippen molar-refractivity contribution in [1.29, 1.82) is 0 Å². The van der Waals surface area contributed by atoms with Gasteiger partial charge in [-0.25, -0.2) is 0 Å². The number of rotatable bonds is 13. The third-order valence-electron chi connectivity index (χ3n) is 3.91. The second-order valence-electron chi connectivity index (χ2n) is 5.86. The Bertz CT molecular complexity index is 450. The maximum atomic E-state index is 10.4. The van der Waals surface area contributed by atoms with Crippen LogP contribution in [0.4, 0.5) is 0 Å². The summed E-state index contributed by atoms with van der Waals surface area (Å²) in [5.74, 6) is 0.375. The molecule has 3 nitrogen and oxygen atoms in total. The fourth-order valence-electron chi connectivity index (χ4n) is 2.61. The van der Waals surface area contributed by atoms with Gasteiger partial charge in [0.1, 0.15) is 16.7 Å². The van der Waals surface area contributed by atoms with Gasteiger partial charge in [-0.3, -0.25) is 0 Å². The maximum Gasteiger partial charge on any atom is 1.00 e. The molecule has 1 rings (SSSR count). The van der Waals surface area contributed by atoms with Crippen molar-refractivity contribution in [3.63, 3.8) is 0 Å². The number of hydrogen-bond acceptors (Lipinski definition) is 4. The molecular weight excluding hydrogens is 303 g/mol. The van der Waals surface area contributed by atoms with E-state index in [-0.39, 0.29) is 18.9 Å². The Morgan fingerprint density at radius 3 is 1.74 bits per heavy atom. The molecule has 0 aliphatic rings. The monoisotopic (exact) mass is 332 g/mol. The maximum absolute atomic E-state index is 10.4. The standard InChI is InChI=1S/C18H29O3S.Li/c1-2-3-4-5-6-7-8-9-10-11-12-17-13-15-18(16-14-17)21-22(19)20;/h13-16H,2-12H2,1H3;/q-1;+1. The quantitative estimate of drug-likeness (QED) is 0.317. The van der Waals surface area contributed by atoms with Crippen molar-refractivity contribution in [2.45, 2.75) is 77.6 Å². The first-order valence-electron chi connectivity index (χ1n) is 8.59. The van der Waals surface area contributed by atoms with Gasteiger partial charge in [-0.2, -0.15) is 0 Å². The summed E-state index contributed by atoms with van der Waals surface area (Å²) < 4.78 is 25.4. The Balaban J connectivity index is 0.00000484. The van der Waals surface area contributed by atoms with Crippen LogP contribution in [0.5, 0.6) is 5.75 Å². The van der Waals surface area contributed by atoms with Crippen LogP contribution in [0.2, 0.25) is 0 Å². The van der Waals surface area contributed by atoms with E-state index in [4.69, 9.17) is 0 Å². The van der Waals surface area contributed by atoms with Crippen molar-refractivity contribution >= 4 is 11.0 Å². The molecule has 0 saturated carbocycles. The molecule has 0 bridgehead atoms. The average molecular weight is 332 g/mol. The minimum Gasteiger partial charge on any atom is -0.533 e. The first-order valence-corrected chi connectivity index (χ1v) is 9.59. The van der Waals surface area contributed by atoms with E-state index in [0.717, 1.165) is 6.42 Å². The topological polar surface area (TPSA) is 43.4 Å². The Kier molecular flexibility index (Phi) is 14.8. The van der Waals surface area contributed by atoms with Crippen LogP contribution >= 0.6 is 0 Å². The summed E-state index contributed by atoms with van der Waals surface area (Å²) in [6, 6.07) is 7.30. The van der Waals surface area contributed by atoms with E-state index < -0.39 is 11.0 Å². The van der Waals surface area contributed by atoms with Crippen LogP contribution in [0, 0.1) is 0 Å². The third-order valence-corrected chi connectivity index (χ3v) is 4.24. The first kappa shape index (κ1) is 22.6. The van der Waals surface area contributed by atoms with Gasteiger partial charge in [-0.1, -0.05) is 76.8 Å². The van der Waals surface area contributed by atoms with E-state index in [1.807, 2.05) is 12.1 Å². The molecule has 0 aliphatic carbocycles. The van der Waals surface area contributed by atoms with Gasteiger partial charge in [0.2, 0.25) is 0 Å². The molecule has 1 aromatic carbocycles. The normalized spacial score (nSPS) is 10.5. The summed E-state index contributed by atoms with van der Waals surface area (Å²) in [6.07, 6.45) is 14.5. The fourth-order valence-corrected chi connectivity index (χ4v) is 2.88. The second-order valence-corrected chi connectivity index (χ2v) is 6.44. The first-order chi connectivity index (χ1) is 10.7. The summed E-state index contributed by atoms with van der Waals surface area (Å²) in [4.78, 5) is 0. The molecule has 0 radical (unpaired) electrons. The number of unbranched alkanes of at least 4 members (excludes halogenated alkanes) is 9. The molecule has 0 fully saturated rings. The molecule has 0 heterocycles. The van der Waals surface area contributed by atoms with Gasteiger partial charge >= 0.3 is 18.9 Å². The SMILES string of the molecule is CCCCCCCCCCCCc1ccc(O[S-](=O)=O)cc1.[Li+]. The van der Waals surface area contributed by atoms with E-state index in [0.29, 0.717) is 5.75 Å². The zero-order valence-corrected chi connectivity index (χ0v) is 15.5. The van der Waals surface area contributed by atoms with Gasteiger partial charge in [-0.05, 0) is 30.5 Å². The molecule has 5 heteroatoms. The molecular formula is C18H29LiO3S. The fraction of sp³-hybridized carbons (Fsp3) is 0.667. The smallest absolute Gasteiger partial charge is 0.533 e. The summed E-state index contributed by atoms with van der Waals surface area (Å²) in [5, 5.41) is 0. The third kappa shape index (κ3) is 12.6. The molecule has 0 spiro atoms. The van der Waals surface area contributed by atoms with Gasteiger partial charge in [0.05, 0.1) is 0 Å². The average Bonchev–Trinajstić information content (AvgIpc) is 2.50. The predicted octanol–water partition coefficient (Wildman–Crippen LogP) is 2.76. The van der Waals surface area contributed by atoms with E-state index in [2.05, 4.69) is 11.1 Å². The van der Waals surface area contributed by atoms with Crippen LogP contribution in [0.3, 0.4) is 0 Å². The molecule has 1 aromatic rings. The number of aryl methyl sites for hydroxylation is 1. The Labute approximate surface area is 155 Å². The van der Waals surface area contributed by atoms with Crippen LogP contribution < -0.4 is 23.0 Å². The number of hydrogen-bond donors (Lipinski definition) is 0. The molecule has 0 atom stereocenters. The Morgan fingerprint density at radius 1 is 0.783 bits per heavy atom. The molecule has 0 amide bonds. The van der Waals surface area contributed by atoms with Crippen molar-refractivity contribution in [3.05, 3.63) is 29.8 Å². The zero-order chi connectivity index (χ0) is 16.0. The largest absolute Gasteiger partial charge is 1.00 e. The summed E-state index contributed by atoms with van der Waals surface area (Å²) in [7, 11) is -2.49. The molecule has 0 saturated heterocycles. The molecule has 0 aliphatic heterocycles. The predicted molar refractivity (Wildman–Crippen MR) is 91.4 cm³/mol. The van der Waals surface area contributed by atoms with Crippen molar-refractivity contribution in [2.24, 2.45) is 0 Å². The number of benzene rings is 1. The Hall–Kier alpha value is -0.433. The van der Waals surface area contributed by atoms with E-state index in [9.17, 15) is 8.42 Å². The summed E-state index contributed by atoms with van der Waals surface area (Å²) in [5.41, 5.74) is 1.24. The van der Waals surface area contributed by atoms with Gasteiger partial charge in [0.15, 0.2) is 0 Å². The van der Waals surface area contributed by atoms with Crippen LogP contribution in [-0.4, -0.2) is 0 Å².